The van der Waals surface area contributed by atoms with Crippen molar-refractivity contribution in [2.75, 3.05) is 36.4 Å². The molecule has 2 aliphatic heterocycles. The van der Waals surface area contributed by atoms with Crippen molar-refractivity contribution in [2.45, 2.75) is 31.7 Å². The zero-order valence-corrected chi connectivity index (χ0v) is 15.2. The molecule has 2 atom stereocenters. The Morgan fingerprint density at radius 1 is 1.24 bits per heavy atom. The van der Waals surface area contributed by atoms with Crippen LogP contribution in [0.5, 0.6) is 0 Å². The molecule has 1 aromatic heterocycles. The molecule has 2 fully saturated rings. The lowest BCUT2D eigenvalue weighted by Crippen LogP contribution is -2.50. The lowest BCUT2D eigenvalue weighted by atomic mass is 10.0. The molecule has 1 aromatic carbocycles. The summed E-state index contributed by atoms with van der Waals surface area (Å²) in [5, 5.41) is 12.9. The minimum absolute atomic E-state index is 0.0467. The predicted molar refractivity (Wildman–Crippen MR) is 100 cm³/mol. The van der Waals surface area contributed by atoms with Crippen molar-refractivity contribution in [1.29, 1.82) is 0 Å². The molecule has 6 nitrogen and oxygen atoms in total. The van der Waals surface area contributed by atoms with Gasteiger partial charge in [-0.1, -0.05) is 41.7 Å². The highest BCUT2D eigenvalue weighted by Gasteiger charge is 2.31. The highest BCUT2D eigenvalue weighted by Crippen LogP contribution is 2.29. The van der Waals surface area contributed by atoms with Gasteiger partial charge in [0.2, 0.25) is 16.2 Å². The van der Waals surface area contributed by atoms with Gasteiger partial charge in [-0.2, -0.15) is 0 Å². The van der Waals surface area contributed by atoms with Crippen LogP contribution in [0.15, 0.2) is 30.3 Å². The van der Waals surface area contributed by atoms with Crippen LogP contribution in [0.2, 0.25) is 0 Å². The lowest BCUT2D eigenvalue weighted by molar-refractivity contribution is -0.117. The van der Waals surface area contributed by atoms with E-state index in [-0.39, 0.29) is 11.8 Å². The number of anilines is 2. The topological polar surface area (TPSA) is 61.4 Å². The Morgan fingerprint density at radius 3 is 2.92 bits per heavy atom. The van der Waals surface area contributed by atoms with Crippen molar-refractivity contribution in [3.8, 4) is 0 Å². The maximum absolute atomic E-state index is 12.5. The van der Waals surface area contributed by atoms with E-state index in [4.69, 9.17) is 0 Å². The van der Waals surface area contributed by atoms with E-state index in [0.717, 1.165) is 30.3 Å². The highest BCUT2D eigenvalue weighted by molar-refractivity contribution is 7.19. The van der Waals surface area contributed by atoms with Crippen molar-refractivity contribution < 1.29 is 4.79 Å². The Balaban J connectivity index is 1.39. The number of hydrogen-bond acceptors (Lipinski definition) is 6. The first-order valence-electron chi connectivity index (χ1n) is 8.89. The third kappa shape index (κ3) is 3.52. The molecule has 7 heteroatoms. The number of hydrogen-bond donors (Lipinski definition) is 1. The van der Waals surface area contributed by atoms with Gasteiger partial charge in [-0.3, -0.25) is 15.0 Å². The number of piperazine rings is 1. The van der Waals surface area contributed by atoms with E-state index in [2.05, 4.69) is 25.3 Å². The number of rotatable bonds is 4. The fourth-order valence-electron chi connectivity index (χ4n) is 3.67. The molecular formula is C18H23N5OS. The molecule has 132 valence electrons. The van der Waals surface area contributed by atoms with Crippen LogP contribution in [0.25, 0.3) is 0 Å². The van der Waals surface area contributed by atoms with Gasteiger partial charge in [0, 0.05) is 25.7 Å². The number of carbonyl (C=O) groups excluding carboxylic acids is 1. The third-order valence-electron chi connectivity index (χ3n) is 5.20. The molecule has 0 saturated carbocycles. The van der Waals surface area contributed by atoms with Gasteiger partial charge in [0.05, 0.1) is 5.92 Å². The van der Waals surface area contributed by atoms with Gasteiger partial charge >= 0.3 is 0 Å². The molecule has 25 heavy (non-hydrogen) atoms. The van der Waals surface area contributed by atoms with Crippen LogP contribution in [0.3, 0.4) is 0 Å². The zero-order valence-electron chi connectivity index (χ0n) is 14.4. The van der Waals surface area contributed by atoms with Gasteiger partial charge in [0.15, 0.2) is 0 Å². The van der Waals surface area contributed by atoms with E-state index in [9.17, 15) is 4.79 Å². The maximum Gasteiger partial charge on any atom is 0.233 e. The molecule has 4 rings (SSSR count). The zero-order chi connectivity index (χ0) is 17.2. The molecule has 0 radical (unpaired) electrons. The smallest absolute Gasteiger partial charge is 0.233 e. The fraction of sp³-hybridized carbons (Fsp3) is 0.500. The summed E-state index contributed by atoms with van der Waals surface area (Å²) in [6.45, 7) is 6.23. The average Bonchev–Trinajstić information content (AvgIpc) is 3.30. The van der Waals surface area contributed by atoms with Gasteiger partial charge < -0.3 is 4.90 Å². The van der Waals surface area contributed by atoms with E-state index in [0.29, 0.717) is 11.2 Å². The average molecular weight is 357 g/mol. The monoisotopic (exact) mass is 357 g/mol. The molecule has 2 saturated heterocycles. The molecule has 0 aliphatic carbocycles. The Hall–Kier alpha value is -1.99. The predicted octanol–water partition coefficient (Wildman–Crippen LogP) is 2.56. The van der Waals surface area contributed by atoms with Gasteiger partial charge in [-0.15, -0.1) is 10.2 Å². The van der Waals surface area contributed by atoms with Crippen LogP contribution in [0, 0.1) is 0 Å². The second-order valence-electron chi connectivity index (χ2n) is 6.79. The Labute approximate surface area is 151 Å². The normalized spacial score (nSPS) is 21.8. The summed E-state index contributed by atoms with van der Waals surface area (Å²) in [6, 6.07) is 10.4. The molecule has 2 aromatic rings. The first-order chi connectivity index (χ1) is 12.2. The minimum atomic E-state index is -0.212. The van der Waals surface area contributed by atoms with Crippen LogP contribution in [-0.2, 0) is 4.79 Å². The molecule has 1 N–H and O–H groups in total. The van der Waals surface area contributed by atoms with Crippen LogP contribution >= 0.6 is 11.3 Å². The summed E-state index contributed by atoms with van der Waals surface area (Å²) in [5.74, 6) is -0.259. The number of nitrogens with zero attached hydrogens (tertiary/aromatic N) is 4. The first kappa shape index (κ1) is 16.5. The van der Waals surface area contributed by atoms with E-state index in [1.54, 1.807) is 0 Å². The van der Waals surface area contributed by atoms with Gasteiger partial charge in [0.25, 0.3) is 0 Å². The third-order valence-corrected chi connectivity index (χ3v) is 6.09. The summed E-state index contributed by atoms with van der Waals surface area (Å²) >= 11 is 1.47. The number of aromatic nitrogens is 2. The van der Waals surface area contributed by atoms with Crippen LogP contribution in [-0.4, -0.2) is 53.2 Å². The number of amides is 1. The molecule has 2 aliphatic rings. The van der Waals surface area contributed by atoms with Crippen molar-refractivity contribution in [2.24, 2.45) is 0 Å². The molecular weight excluding hydrogens is 334 g/mol. The minimum Gasteiger partial charge on any atom is -0.344 e. The van der Waals surface area contributed by atoms with Gasteiger partial charge in [-0.05, 0) is 31.9 Å². The highest BCUT2D eigenvalue weighted by atomic mass is 32.1. The Bertz CT molecular complexity index is 734. The van der Waals surface area contributed by atoms with Gasteiger partial charge in [-0.25, -0.2) is 0 Å². The molecule has 0 bridgehead atoms. The summed E-state index contributed by atoms with van der Waals surface area (Å²) in [4.78, 5) is 17.3. The van der Waals surface area contributed by atoms with E-state index in [1.165, 1.54) is 30.7 Å². The number of benzene rings is 1. The van der Waals surface area contributed by atoms with Crippen LogP contribution in [0.1, 0.15) is 31.2 Å². The number of carbonyl (C=O) groups is 1. The van der Waals surface area contributed by atoms with Crippen molar-refractivity contribution in [3.05, 3.63) is 35.9 Å². The van der Waals surface area contributed by atoms with Gasteiger partial charge in [0.1, 0.15) is 0 Å². The largest absolute Gasteiger partial charge is 0.344 e. The fourth-order valence-corrected chi connectivity index (χ4v) is 4.45. The van der Waals surface area contributed by atoms with E-state index < -0.39 is 0 Å². The molecule has 3 heterocycles. The Kier molecular flexibility index (Phi) is 4.67. The van der Waals surface area contributed by atoms with Crippen molar-refractivity contribution in [3.63, 3.8) is 0 Å². The summed E-state index contributed by atoms with van der Waals surface area (Å²) in [6.07, 6.45) is 2.57. The van der Waals surface area contributed by atoms with Crippen molar-refractivity contribution in [1.82, 2.24) is 15.1 Å². The second-order valence-corrected chi connectivity index (χ2v) is 7.75. The quantitative estimate of drug-likeness (QED) is 0.911. The number of nitrogens with one attached hydrogen (secondary N) is 1. The van der Waals surface area contributed by atoms with Crippen LogP contribution < -0.4 is 10.2 Å². The SMILES string of the molecule is CC(C(=O)Nc1nnc(N2CCN3CCC[C@H]3C2)s1)c1ccccc1. The second kappa shape index (κ2) is 7.09. The molecule has 0 spiro atoms. The summed E-state index contributed by atoms with van der Waals surface area (Å²) in [7, 11) is 0. The molecule has 1 unspecified atom stereocenters. The lowest BCUT2D eigenvalue weighted by Gasteiger charge is -2.37. The summed E-state index contributed by atoms with van der Waals surface area (Å²) < 4.78 is 0. The summed E-state index contributed by atoms with van der Waals surface area (Å²) in [5.41, 5.74) is 1.00. The number of fused-ring (bicyclic) bond motifs is 1. The van der Waals surface area contributed by atoms with E-state index in [1.807, 2.05) is 37.3 Å². The van der Waals surface area contributed by atoms with Crippen LogP contribution in [0.4, 0.5) is 10.3 Å². The standard InChI is InChI=1S/C18H23N5OS/c1-13(14-6-3-2-4-7-14)16(24)19-17-20-21-18(25-17)23-11-10-22-9-5-8-15(22)12-23/h2-4,6-7,13,15H,5,8-12H2,1H3,(H,19,20,24)/t13?,15-/m0/s1. The Morgan fingerprint density at radius 2 is 2.08 bits per heavy atom. The maximum atomic E-state index is 12.5. The first-order valence-corrected chi connectivity index (χ1v) is 9.70. The van der Waals surface area contributed by atoms with Crippen molar-refractivity contribution >= 4 is 27.5 Å². The van der Waals surface area contributed by atoms with E-state index >= 15 is 0 Å². The molecule has 1 amide bonds.